The van der Waals surface area contributed by atoms with Crippen molar-refractivity contribution in [3.63, 3.8) is 0 Å². The second-order valence-electron chi connectivity index (χ2n) is 5.89. The van der Waals surface area contributed by atoms with Crippen LogP contribution in [-0.2, 0) is 16.6 Å². The van der Waals surface area contributed by atoms with Crippen LogP contribution in [0, 0.1) is 0 Å². The van der Waals surface area contributed by atoms with Crippen molar-refractivity contribution in [1.82, 2.24) is 4.31 Å². The fraction of sp³-hybridized carbons (Fsp3) is 0.333. The Labute approximate surface area is 138 Å². The lowest BCUT2D eigenvalue weighted by atomic mass is 9.87. The fourth-order valence-corrected chi connectivity index (χ4v) is 4.76. The highest BCUT2D eigenvalue weighted by Gasteiger charge is 2.30. The van der Waals surface area contributed by atoms with E-state index in [4.69, 9.17) is 5.73 Å². The highest BCUT2D eigenvalue weighted by molar-refractivity contribution is 7.89. The highest BCUT2D eigenvalue weighted by Crippen LogP contribution is 2.32. The first-order valence-electron chi connectivity index (χ1n) is 7.96. The smallest absolute Gasteiger partial charge is 0.243 e. The molecule has 0 amide bonds. The lowest BCUT2D eigenvalue weighted by Crippen LogP contribution is -2.38. The van der Waals surface area contributed by atoms with Gasteiger partial charge in [0.05, 0.1) is 4.90 Å². The minimum atomic E-state index is -3.37. The molecule has 0 aromatic heterocycles. The van der Waals surface area contributed by atoms with Gasteiger partial charge in [-0.25, -0.2) is 8.42 Å². The summed E-state index contributed by atoms with van der Waals surface area (Å²) in [5.74, 6) is 0.386. The second kappa shape index (κ2) is 6.83. The summed E-state index contributed by atoms with van der Waals surface area (Å²) in [6.45, 7) is 1.64. The fourth-order valence-electron chi connectivity index (χ4n) is 3.27. The monoisotopic (exact) mass is 330 g/mol. The molecule has 0 radical (unpaired) electrons. The molecule has 2 aromatic rings. The number of nitrogens with zero attached hydrogens (tertiary/aromatic N) is 1. The summed E-state index contributed by atoms with van der Waals surface area (Å²) in [7, 11) is -3.37. The number of benzene rings is 2. The van der Waals surface area contributed by atoms with Gasteiger partial charge in [0.2, 0.25) is 10.0 Å². The van der Waals surface area contributed by atoms with Crippen LogP contribution in [-0.4, -0.2) is 25.8 Å². The van der Waals surface area contributed by atoms with Crippen LogP contribution in [0.2, 0.25) is 0 Å². The van der Waals surface area contributed by atoms with Crippen molar-refractivity contribution in [3.05, 3.63) is 65.7 Å². The first kappa shape index (κ1) is 16.2. The van der Waals surface area contributed by atoms with Gasteiger partial charge in [-0.1, -0.05) is 42.5 Å². The summed E-state index contributed by atoms with van der Waals surface area (Å²) in [5, 5.41) is 0. The van der Waals surface area contributed by atoms with Gasteiger partial charge in [0, 0.05) is 19.6 Å². The van der Waals surface area contributed by atoms with E-state index in [1.165, 1.54) is 5.56 Å². The van der Waals surface area contributed by atoms with Gasteiger partial charge in [-0.3, -0.25) is 0 Å². The Kier molecular flexibility index (Phi) is 4.80. The van der Waals surface area contributed by atoms with E-state index in [0.29, 0.717) is 30.4 Å². The Morgan fingerprint density at radius 3 is 2.22 bits per heavy atom. The molecule has 0 bridgehead atoms. The van der Waals surface area contributed by atoms with Crippen LogP contribution in [0.15, 0.2) is 59.5 Å². The van der Waals surface area contributed by atoms with Crippen molar-refractivity contribution >= 4 is 10.0 Å². The molecule has 4 nitrogen and oxygen atoms in total. The van der Waals surface area contributed by atoms with Gasteiger partial charge in [-0.2, -0.15) is 4.31 Å². The molecule has 0 atom stereocenters. The predicted octanol–water partition coefficient (Wildman–Crippen LogP) is 2.71. The van der Waals surface area contributed by atoms with Crippen LogP contribution in [0.3, 0.4) is 0 Å². The third-order valence-electron chi connectivity index (χ3n) is 4.55. The minimum absolute atomic E-state index is 0.376. The Morgan fingerprint density at radius 2 is 1.57 bits per heavy atom. The summed E-state index contributed by atoms with van der Waals surface area (Å²) < 4.78 is 26.9. The minimum Gasteiger partial charge on any atom is -0.326 e. The van der Waals surface area contributed by atoms with E-state index in [1.807, 2.05) is 18.2 Å². The van der Waals surface area contributed by atoms with Gasteiger partial charge in [0.1, 0.15) is 0 Å². The first-order valence-corrected chi connectivity index (χ1v) is 9.40. The maximum absolute atomic E-state index is 12.7. The first-order chi connectivity index (χ1) is 11.1. The largest absolute Gasteiger partial charge is 0.326 e. The topological polar surface area (TPSA) is 63.4 Å². The van der Waals surface area contributed by atoms with Crippen molar-refractivity contribution in [1.29, 1.82) is 0 Å². The zero-order valence-electron chi connectivity index (χ0n) is 13.1. The summed E-state index contributed by atoms with van der Waals surface area (Å²) in [4.78, 5) is 0.376. The molecule has 0 saturated carbocycles. The maximum atomic E-state index is 12.7. The number of rotatable bonds is 4. The van der Waals surface area contributed by atoms with Crippen molar-refractivity contribution in [2.45, 2.75) is 30.2 Å². The summed E-state index contributed by atoms with van der Waals surface area (Å²) >= 11 is 0. The van der Waals surface area contributed by atoms with Crippen molar-refractivity contribution in [2.75, 3.05) is 13.1 Å². The third kappa shape index (κ3) is 3.32. The Hall–Kier alpha value is -1.69. The van der Waals surface area contributed by atoms with Crippen molar-refractivity contribution < 1.29 is 8.42 Å². The van der Waals surface area contributed by atoms with Crippen LogP contribution >= 0.6 is 0 Å². The zero-order chi connectivity index (χ0) is 16.3. The average Bonchev–Trinajstić information content (AvgIpc) is 2.62. The maximum Gasteiger partial charge on any atom is 0.243 e. The van der Waals surface area contributed by atoms with E-state index in [2.05, 4.69) is 12.1 Å². The van der Waals surface area contributed by atoms with Gasteiger partial charge >= 0.3 is 0 Å². The number of sulfonamides is 1. The molecule has 1 aliphatic heterocycles. The SMILES string of the molecule is NCc1ccccc1C1CCN(S(=O)(=O)c2ccccc2)CC1. The normalized spacial score (nSPS) is 17.3. The summed E-state index contributed by atoms with van der Waals surface area (Å²) in [6, 6.07) is 16.9. The molecule has 122 valence electrons. The average molecular weight is 330 g/mol. The zero-order valence-corrected chi connectivity index (χ0v) is 13.9. The molecule has 23 heavy (non-hydrogen) atoms. The molecule has 2 N–H and O–H groups in total. The van der Waals surface area contributed by atoms with Gasteiger partial charge in [-0.05, 0) is 42.0 Å². The molecule has 3 rings (SSSR count). The van der Waals surface area contributed by atoms with Gasteiger partial charge < -0.3 is 5.73 Å². The summed E-state index contributed by atoms with van der Waals surface area (Å²) in [6.07, 6.45) is 1.67. The predicted molar refractivity (Wildman–Crippen MR) is 91.5 cm³/mol. The quantitative estimate of drug-likeness (QED) is 0.937. The number of hydrogen-bond donors (Lipinski definition) is 1. The number of piperidine rings is 1. The van der Waals surface area contributed by atoms with Crippen LogP contribution < -0.4 is 5.73 Å². The standard InChI is InChI=1S/C18H22N2O2S/c19-14-16-6-4-5-9-18(16)15-10-12-20(13-11-15)23(21,22)17-7-2-1-3-8-17/h1-9,15H,10-14,19H2. The van der Waals surface area contributed by atoms with E-state index in [0.717, 1.165) is 18.4 Å². The molecule has 0 aliphatic carbocycles. The van der Waals surface area contributed by atoms with Crippen LogP contribution in [0.5, 0.6) is 0 Å². The second-order valence-corrected chi connectivity index (χ2v) is 7.83. The Balaban J connectivity index is 1.74. The van der Waals surface area contributed by atoms with Gasteiger partial charge in [-0.15, -0.1) is 0 Å². The van der Waals surface area contributed by atoms with Gasteiger partial charge in [0.25, 0.3) is 0 Å². The van der Waals surface area contributed by atoms with E-state index >= 15 is 0 Å². The van der Waals surface area contributed by atoms with E-state index in [1.54, 1.807) is 28.6 Å². The molecule has 0 unspecified atom stereocenters. The molecule has 2 aromatic carbocycles. The molecule has 1 heterocycles. The summed E-state index contributed by atoms with van der Waals surface area (Å²) in [5.41, 5.74) is 8.26. The number of nitrogens with two attached hydrogens (primary N) is 1. The molecule has 0 spiro atoms. The van der Waals surface area contributed by atoms with Crippen LogP contribution in [0.1, 0.15) is 29.9 Å². The molecule has 1 saturated heterocycles. The molecule has 5 heteroatoms. The Bertz CT molecular complexity index is 752. The van der Waals surface area contributed by atoms with E-state index < -0.39 is 10.0 Å². The van der Waals surface area contributed by atoms with E-state index in [-0.39, 0.29) is 0 Å². The van der Waals surface area contributed by atoms with Crippen LogP contribution in [0.4, 0.5) is 0 Å². The van der Waals surface area contributed by atoms with Gasteiger partial charge in [0.15, 0.2) is 0 Å². The molecular weight excluding hydrogens is 308 g/mol. The molecule has 1 aliphatic rings. The number of hydrogen-bond acceptors (Lipinski definition) is 3. The lowest BCUT2D eigenvalue weighted by molar-refractivity contribution is 0.319. The van der Waals surface area contributed by atoms with Crippen LogP contribution in [0.25, 0.3) is 0 Å². The third-order valence-corrected chi connectivity index (χ3v) is 6.46. The Morgan fingerprint density at radius 1 is 0.957 bits per heavy atom. The lowest BCUT2D eigenvalue weighted by Gasteiger charge is -2.32. The van der Waals surface area contributed by atoms with Crippen molar-refractivity contribution in [2.24, 2.45) is 5.73 Å². The van der Waals surface area contributed by atoms with E-state index in [9.17, 15) is 8.42 Å². The highest BCUT2D eigenvalue weighted by atomic mass is 32.2. The molecular formula is C18H22N2O2S. The van der Waals surface area contributed by atoms with Crippen molar-refractivity contribution in [3.8, 4) is 0 Å². The molecule has 1 fully saturated rings.